The van der Waals surface area contributed by atoms with Crippen LogP contribution in [-0.4, -0.2) is 41.3 Å². The molecule has 0 aliphatic heterocycles. The van der Waals surface area contributed by atoms with Crippen LogP contribution < -0.4 is 5.32 Å². The third kappa shape index (κ3) is 2.21. The Morgan fingerprint density at radius 2 is 2.30 bits per heavy atom. The van der Waals surface area contributed by atoms with Gasteiger partial charge in [-0.1, -0.05) is 0 Å². The molecule has 9 nitrogen and oxygen atoms in total. The quantitative estimate of drug-likeness (QED) is 0.703. The van der Waals surface area contributed by atoms with E-state index in [1.165, 1.54) is 29.5 Å². The Morgan fingerprint density at radius 3 is 3.00 bits per heavy atom. The molecule has 1 aromatic carbocycles. The van der Waals surface area contributed by atoms with Gasteiger partial charge in [0.05, 0.1) is 11.3 Å². The van der Waals surface area contributed by atoms with Gasteiger partial charge < -0.3 is 0 Å². The van der Waals surface area contributed by atoms with Crippen molar-refractivity contribution >= 4 is 11.9 Å². The second kappa shape index (κ2) is 4.84. The number of H-pyrrole nitrogens is 1. The first-order valence-electron chi connectivity index (χ1n) is 5.43. The summed E-state index contributed by atoms with van der Waals surface area (Å²) in [5.41, 5.74) is 0.300. The summed E-state index contributed by atoms with van der Waals surface area (Å²) in [5, 5.41) is 19.0. The summed E-state index contributed by atoms with van der Waals surface area (Å²) in [4.78, 5) is 15.7. The van der Waals surface area contributed by atoms with Gasteiger partial charge in [0.15, 0.2) is 0 Å². The van der Waals surface area contributed by atoms with Gasteiger partial charge in [-0.3, -0.25) is 10.1 Å². The van der Waals surface area contributed by atoms with Crippen LogP contribution in [0.15, 0.2) is 30.9 Å². The molecule has 0 saturated heterocycles. The molecule has 2 aromatic heterocycles. The number of hydrogen-bond donors (Lipinski definition) is 2. The second-order valence-corrected chi connectivity index (χ2v) is 3.71. The zero-order chi connectivity index (χ0) is 13.9. The van der Waals surface area contributed by atoms with Gasteiger partial charge in [0.2, 0.25) is 5.95 Å². The van der Waals surface area contributed by atoms with E-state index in [0.717, 1.165) is 6.07 Å². The molecule has 1 amide bonds. The number of halogens is 1. The molecule has 0 aliphatic carbocycles. The zero-order valence-corrected chi connectivity index (χ0v) is 9.86. The SMILES string of the molecule is O=C(Nc1ncn[nH]1)c1cc(-n2cnnn2)ccc1F. The van der Waals surface area contributed by atoms with Crippen LogP contribution in [0.4, 0.5) is 10.3 Å². The van der Waals surface area contributed by atoms with Gasteiger partial charge in [0, 0.05) is 0 Å². The highest BCUT2D eigenvalue weighted by atomic mass is 19.1. The Labute approximate surface area is 110 Å². The van der Waals surface area contributed by atoms with E-state index < -0.39 is 11.7 Å². The van der Waals surface area contributed by atoms with Crippen molar-refractivity contribution in [2.45, 2.75) is 0 Å². The minimum absolute atomic E-state index is 0.127. The van der Waals surface area contributed by atoms with Crippen LogP contribution in [0.5, 0.6) is 0 Å². The van der Waals surface area contributed by atoms with Crippen molar-refractivity contribution in [3.63, 3.8) is 0 Å². The predicted molar refractivity (Wildman–Crippen MR) is 63.4 cm³/mol. The Kier molecular flexibility index (Phi) is 2.88. The zero-order valence-electron chi connectivity index (χ0n) is 9.86. The summed E-state index contributed by atoms with van der Waals surface area (Å²) < 4.78 is 15.0. The molecule has 0 bridgehead atoms. The van der Waals surface area contributed by atoms with E-state index in [1.54, 1.807) is 0 Å². The second-order valence-electron chi connectivity index (χ2n) is 3.71. The van der Waals surface area contributed by atoms with E-state index >= 15 is 0 Å². The molecular formula is C10H7FN8O. The average Bonchev–Trinajstić information content (AvgIpc) is 3.11. The average molecular weight is 274 g/mol. The standard InChI is InChI=1S/C10H7FN8O/c11-8-2-1-6(19-5-14-17-18-19)3-7(8)9(20)15-10-12-4-13-16-10/h1-5H,(H2,12,13,15,16,20). The molecule has 0 unspecified atom stereocenters. The first kappa shape index (κ1) is 11.9. The molecule has 2 heterocycles. The lowest BCUT2D eigenvalue weighted by Gasteiger charge is -2.05. The molecule has 0 aliphatic rings. The number of aromatic nitrogens is 7. The Hall–Kier alpha value is -3.17. The summed E-state index contributed by atoms with van der Waals surface area (Å²) in [7, 11) is 0. The number of nitrogens with zero attached hydrogens (tertiary/aromatic N) is 6. The van der Waals surface area contributed by atoms with Gasteiger partial charge in [0.25, 0.3) is 5.91 Å². The van der Waals surface area contributed by atoms with Gasteiger partial charge in [-0.25, -0.2) is 14.2 Å². The normalized spacial score (nSPS) is 10.4. The van der Waals surface area contributed by atoms with Crippen LogP contribution >= 0.6 is 0 Å². The minimum atomic E-state index is -0.668. The number of carbonyl (C=O) groups is 1. The van der Waals surface area contributed by atoms with Gasteiger partial charge >= 0.3 is 0 Å². The third-order valence-electron chi connectivity index (χ3n) is 2.46. The van der Waals surface area contributed by atoms with E-state index in [9.17, 15) is 9.18 Å². The molecule has 0 saturated carbocycles. The summed E-state index contributed by atoms with van der Waals surface area (Å²) in [6.07, 6.45) is 2.56. The highest BCUT2D eigenvalue weighted by Crippen LogP contribution is 2.14. The van der Waals surface area contributed by atoms with Crippen molar-refractivity contribution < 1.29 is 9.18 Å². The number of anilines is 1. The lowest BCUT2D eigenvalue weighted by atomic mass is 10.1. The largest absolute Gasteiger partial charge is 0.291 e. The van der Waals surface area contributed by atoms with Crippen LogP contribution in [0.3, 0.4) is 0 Å². The fraction of sp³-hybridized carbons (Fsp3) is 0. The number of nitrogens with one attached hydrogen (secondary N) is 2. The number of tetrazole rings is 1. The van der Waals surface area contributed by atoms with E-state index in [0.29, 0.717) is 5.69 Å². The Morgan fingerprint density at radius 1 is 1.40 bits per heavy atom. The van der Waals surface area contributed by atoms with Gasteiger partial charge in [-0.2, -0.15) is 10.1 Å². The predicted octanol–water partition coefficient (Wildman–Crippen LogP) is 0.172. The molecule has 2 N–H and O–H groups in total. The van der Waals surface area contributed by atoms with Crippen molar-refractivity contribution in [1.29, 1.82) is 0 Å². The van der Waals surface area contributed by atoms with E-state index in [4.69, 9.17) is 0 Å². The highest BCUT2D eigenvalue weighted by Gasteiger charge is 2.14. The van der Waals surface area contributed by atoms with E-state index in [2.05, 4.69) is 36.0 Å². The fourth-order valence-corrected chi connectivity index (χ4v) is 1.55. The van der Waals surface area contributed by atoms with Gasteiger partial charge in [-0.05, 0) is 28.6 Å². The minimum Gasteiger partial charge on any atom is -0.291 e. The molecule has 0 radical (unpaired) electrons. The molecule has 10 heteroatoms. The molecular weight excluding hydrogens is 267 g/mol. The van der Waals surface area contributed by atoms with E-state index in [-0.39, 0.29) is 11.5 Å². The Balaban J connectivity index is 1.92. The number of amides is 1. The maximum Gasteiger partial charge on any atom is 0.261 e. The van der Waals surface area contributed by atoms with E-state index in [1.807, 2.05) is 0 Å². The smallest absolute Gasteiger partial charge is 0.261 e. The summed E-state index contributed by atoms with van der Waals surface area (Å²) >= 11 is 0. The van der Waals surface area contributed by atoms with Crippen molar-refractivity contribution in [2.75, 3.05) is 5.32 Å². The molecule has 3 aromatic rings. The number of carbonyl (C=O) groups excluding carboxylic acids is 1. The fourth-order valence-electron chi connectivity index (χ4n) is 1.55. The number of hydrogen-bond acceptors (Lipinski definition) is 6. The summed E-state index contributed by atoms with van der Waals surface area (Å²) in [6.45, 7) is 0. The van der Waals surface area contributed by atoms with Crippen molar-refractivity contribution in [3.05, 3.63) is 42.2 Å². The maximum absolute atomic E-state index is 13.7. The summed E-state index contributed by atoms with van der Waals surface area (Å²) in [6, 6.07) is 3.95. The lowest BCUT2D eigenvalue weighted by Crippen LogP contribution is -2.15. The monoisotopic (exact) mass is 274 g/mol. The van der Waals surface area contributed by atoms with Gasteiger partial charge in [0.1, 0.15) is 18.5 Å². The lowest BCUT2D eigenvalue weighted by molar-refractivity contribution is 0.102. The van der Waals surface area contributed by atoms with Crippen LogP contribution in [0.25, 0.3) is 5.69 Å². The molecule has 100 valence electrons. The topological polar surface area (TPSA) is 114 Å². The number of rotatable bonds is 3. The van der Waals surface area contributed by atoms with Crippen LogP contribution in [-0.2, 0) is 0 Å². The Bertz CT molecular complexity index is 724. The van der Waals surface area contributed by atoms with Crippen molar-refractivity contribution in [2.24, 2.45) is 0 Å². The first-order chi connectivity index (χ1) is 9.74. The number of benzene rings is 1. The van der Waals surface area contributed by atoms with Crippen LogP contribution in [0, 0.1) is 5.82 Å². The maximum atomic E-state index is 13.7. The number of aromatic amines is 1. The molecule has 0 spiro atoms. The van der Waals surface area contributed by atoms with Crippen LogP contribution in [0.2, 0.25) is 0 Å². The molecule has 0 atom stereocenters. The first-order valence-corrected chi connectivity index (χ1v) is 5.43. The van der Waals surface area contributed by atoms with Crippen molar-refractivity contribution in [1.82, 2.24) is 35.4 Å². The summed E-state index contributed by atoms with van der Waals surface area (Å²) in [5.74, 6) is -1.20. The molecule has 3 rings (SSSR count). The van der Waals surface area contributed by atoms with Crippen molar-refractivity contribution in [3.8, 4) is 5.69 Å². The highest BCUT2D eigenvalue weighted by molar-refractivity contribution is 6.03. The molecule has 20 heavy (non-hydrogen) atoms. The third-order valence-corrected chi connectivity index (χ3v) is 2.46. The van der Waals surface area contributed by atoms with Gasteiger partial charge in [-0.15, -0.1) is 5.10 Å². The molecule has 0 fully saturated rings. The van der Waals surface area contributed by atoms with Crippen LogP contribution in [0.1, 0.15) is 10.4 Å².